The van der Waals surface area contributed by atoms with Crippen LogP contribution in [0.15, 0.2) is 23.2 Å². The molecule has 0 atom stereocenters. The number of rotatable bonds is 6. The molecule has 1 fully saturated rings. The molecule has 0 unspecified atom stereocenters. The van der Waals surface area contributed by atoms with E-state index < -0.39 is 10.0 Å². The van der Waals surface area contributed by atoms with Crippen LogP contribution in [0.25, 0.3) is 0 Å². The van der Waals surface area contributed by atoms with Crippen molar-refractivity contribution in [3.8, 4) is 0 Å². The Balaban J connectivity index is 2.05. The highest BCUT2D eigenvalue weighted by molar-refractivity contribution is 7.89. The topological polar surface area (TPSA) is 62.3 Å². The van der Waals surface area contributed by atoms with Gasteiger partial charge in [0.25, 0.3) is 0 Å². The summed E-state index contributed by atoms with van der Waals surface area (Å²) in [5.41, 5.74) is 0.195. The molecule has 0 aromatic carbocycles. The van der Waals surface area contributed by atoms with E-state index in [9.17, 15) is 8.42 Å². The molecule has 1 N–H and O–H groups in total. The molecule has 0 saturated carbocycles. The molecule has 1 aliphatic heterocycles. The van der Waals surface area contributed by atoms with Crippen molar-refractivity contribution in [3.63, 3.8) is 0 Å². The van der Waals surface area contributed by atoms with Crippen LogP contribution in [0.3, 0.4) is 0 Å². The second-order valence-corrected chi connectivity index (χ2v) is 8.65. The minimum absolute atomic E-state index is 0.195. The number of hydrogen-bond donors (Lipinski definition) is 1. The highest BCUT2D eigenvalue weighted by atomic mass is 32.2. The fraction of sp³-hybridized carbons (Fsp3) is 0.688. The minimum atomic E-state index is -3.38. The Bertz CT molecular complexity index is 576. The van der Waals surface area contributed by atoms with Crippen LogP contribution in [0.2, 0.25) is 0 Å². The van der Waals surface area contributed by atoms with Crippen molar-refractivity contribution < 1.29 is 8.42 Å². The molecule has 2 rings (SSSR count). The Labute approximate surface area is 134 Å². The summed E-state index contributed by atoms with van der Waals surface area (Å²) >= 11 is 0. The van der Waals surface area contributed by atoms with E-state index in [1.54, 1.807) is 16.4 Å². The van der Waals surface area contributed by atoms with E-state index in [0.29, 0.717) is 13.1 Å². The van der Waals surface area contributed by atoms with Gasteiger partial charge in [0.1, 0.15) is 10.7 Å². The second kappa shape index (κ2) is 6.96. The average molecular weight is 325 g/mol. The molecule has 1 aromatic rings. The maximum Gasteiger partial charge on any atom is 0.244 e. The molecule has 2 heterocycles. The van der Waals surface area contributed by atoms with Crippen LogP contribution in [0.5, 0.6) is 0 Å². The number of nitrogens with one attached hydrogen (secondary N) is 1. The van der Waals surface area contributed by atoms with E-state index in [2.05, 4.69) is 31.1 Å². The van der Waals surface area contributed by atoms with E-state index in [0.717, 1.165) is 38.0 Å². The number of sulfonamides is 1. The largest absolute Gasteiger partial charge is 0.370 e. The maximum atomic E-state index is 12.5. The van der Waals surface area contributed by atoms with E-state index in [1.165, 1.54) is 6.20 Å². The van der Waals surface area contributed by atoms with E-state index in [-0.39, 0.29) is 10.3 Å². The first-order valence-corrected chi connectivity index (χ1v) is 9.49. The average Bonchev–Trinajstić information content (AvgIpc) is 2.54. The molecule has 0 radical (unpaired) electrons. The molecule has 0 aliphatic carbocycles. The monoisotopic (exact) mass is 325 g/mol. The van der Waals surface area contributed by atoms with Crippen LogP contribution in [-0.4, -0.2) is 37.3 Å². The van der Waals surface area contributed by atoms with Crippen LogP contribution in [0.4, 0.5) is 5.82 Å². The van der Waals surface area contributed by atoms with Gasteiger partial charge in [-0.3, -0.25) is 0 Å². The van der Waals surface area contributed by atoms with Crippen molar-refractivity contribution >= 4 is 15.8 Å². The molecule has 22 heavy (non-hydrogen) atoms. The fourth-order valence-electron chi connectivity index (χ4n) is 2.35. The fourth-order valence-corrected chi connectivity index (χ4v) is 3.81. The zero-order chi connectivity index (χ0) is 16.2. The number of nitrogens with zero attached hydrogens (tertiary/aromatic N) is 2. The Morgan fingerprint density at radius 1 is 1.23 bits per heavy atom. The first-order valence-electron chi connectivity index (χ1n) is 8.05. The highest BCUT2D eigenvalue weighted by Crippen LogP contribution is 2.22. The molecule has 6 heteroatoms. The first kappa shape index (κ1) is 17.2. The molecule has 1 aromatic heterocycles. The lowest BCUT2D eigenvalue weighted by atomic mass is 9.90. The highest BCUT2D eigenvalue weighted by Gasteiger charge is 2.26. The van der Waals surface area contributed by atoms with Gasteiger partial charge < -0.3 is 5.32 Å². The van der Waals surface area contributed by atoms with Crippen LogP contribution in [0.1, 0.15) is 46.5 Å². The summed E-state index contributed by atoms with van der Waals surface area (Å²) in [7, 11) is -3.38. The van der Waals surface area contributed by atoms with Crippen molar-refractivity contribution in [1.29, 1.82) is 0 Å². The number of pyridine rings is 1. The third-order valence-corrected chi connectivity index (χ3v) is 6.28. The van der Waals surface area contributed by atoms with Gasteiger partial charge in [-0.1, -0.05) is 27.2 Å². The Morgan fingerprint density at radius 2 is 1.91 bits per heavy atom. The molecular weight excluding hydrogens is 298 g/mol. The molecule has 0 bridgehead atoms. The van der Waals surface area contributed by atoms with Crippen molar-refractivity contribution in [1.82, 2.24) is 9.29 Å². The van der Waals surface area contributed by atoms with Crippen molar-refractivity contribution in [2.45, 2.75) is 51.3 Å². The van der Waals surface area contributed by atoms with Gasteiger partial charge in [0, 0.05) is 25.8 Å². The van der Waals surface area contributed by atoms with Gasteiger partial charge in [-0.15, -0.1) is 0 Å². The zero-order valence-corrected chi connectivity index (χ0v) is 14.6. The smallest absolute Gasteiger partial charge is 0.244 e. The van der Waals surface area contributed by atoms with Gasteiger partial charge in [-0.25, -0.2) is 13.4 Å². The summed E-state index contributed by atoms with van der Waals surface area (Å²) in [6, 6.07) is 3.40. The van der Waals surface area contributed by atoms with E-state index in [1.807, 2.05) is 0 Å². The van der Waals surface area contributed by atoms with Gasteiger partial charge in [-0.05, 0) is 36.8 Å². The van der Waals surface area contributed by atoms with Gasteiger partial charge in [0.05, 0.1) is 0 Å². The molecule has 0 amide bonds. The Morgan fingerprint density at radius 3 is 2.45 bits per heavy atom. The zero-order valence-electron chi connectivity index (χ0n) is 13.8. The summed E-state index contributed by atoms with van der Waals surface area (Å²) < 4.78 is 26.6. The van der Waals surface area contributed by atoms with Gasteiger partial charge in [-0.2, -0.15) is 4.31 Å². The summed E-state index contributed by atoms with van der Waals surface area (Å²) in [5, 5.41) is 3.27. The number of piperidine rings is 1. The number of aromatic nitrogens is 1. The molecule has 5 nitrogen and oxygen atoms in total. The molecule has 124 valence electrons. The summed E-state index contributed by atoms with van der Waals surface area (Å²) in [5.74, 6) is 0.721. The third kappa shape index (κ3) is 4.20. The Kier molecular flexibility index (Phi) is 5.45. The lowest BCUT2D eigenvalue weighted by molar-refractivity contribution is 0.346. The third-order valence-electron chi connectivity index (χ3n) is 4.39. The maximum absolute atomic E-state index is 12.5. The van der Waals surface area contributed by atoms with Gasteiger partial charge in [0.15, 0.2) is 0 Å². The van der Waals surface area contributed by atoms with E-state index in [4.69, 9.17) is 0 Å². The lowest BCUT2D eigenvalue weighted by Crippen LogP contribution is -2.35. The summed E-state index contributed by atoms with van der Waals surface area (Å²) in [6.45, 7) is 8.59. The second-order valence-electron chi connectivity index (χ2n) is 6.72. The molecular formula is C16H27N3O2S. The minimum Gasteiger partial charge on any atom is -0.370 e. The van der Waals surface area contributed by atoms with Crippen molar-refractivity contribution in [3.05, 3.63) is 18.3 Å². The van der Waals surface area contributed by atoms with Crippen molar-refractivity contribution in [2.75, 3.05) is 25.0 Å². The van der Waals surface area contributed by atoms with E-state index >= 15 is 0 Å². The van der Waals surface area contributed by atoms with Crippen molar-refractivity contribution in [2.24, 2.45) is 5.41 Å². The number of anilines is 1. The standard InChI is InChI=1S/C16H27N3O2S/c1-4-16(2,3)13-18-15-9-8-14(12-17-15)22(20,21)19-10-6-5-7-11-19/h8-9,12H,4-7,10-11,13H2,1-3H3,(H,17,18). The quantitative estimate of drug-likeness (QED) is 0.873. The van der Waals surface area contributed by atoms with Gasteiger partial charge in [0.2, 0.25) is 10.0 Å². The molecule has 1 aliphatic rings. The predicted octanol–water partition coefficient (Wildman–Crippen LogP) is 3.10. The van der Waals surface area contributed by atoms with Crippen LogP contribution in [-0.2, 0) is 10.0 Å². The lowest BCUT2D eigenvalue weighted by Gasteiger charge is -2.26. The summed E-state index contributed by atoms with van der Waals surface area (Å²) in [6.07, 6.45) is 5.53. The normalized spacial score (nSPS) is 17.4. The Hall–Kier alpha value is -1.14. The molecule has 0 spiro atoms. The van der Waals surface area contributed by atoms with Crippen LogP contribution >= 0.6 is 0 Å². The summed E-state index contributed by atoms with van der Waals surface area (Å²) in [4.78, 5) is 4.55. The SMILES string of the molecule is CCC(C)(C)CNc1ccc(S(=O)(=O)N2CCCCC2)cn1. The van der Waals surface area contributed by atoms with Gasteiger partial charge >= 0.3 is 0 Å². The van der Waals surface area contributed by atoms with Crippen LogP contribution < -0.4 is 5.32 Å². The molecule has 1 saturated heterocycles. The first-order chi connectivity index (χ1) is 10.3. The van der Waals surface area contributed by atoms with Crippen LogP contribution in [0, 0.1) is 5.41 Å². The number of hydrogen-bond acceptors (Lipinski definition) is 4. The predicted molar refractivity (Wildman–Crippen MR) is 89.4 cm³/mol.